The number of nitrogens with two attached hydrogens (primary N) is 1. The zero-order valence-electron chi connectivity index (χ0n) is 10.2. The highest BCUT2D eigenvalue weighted by molar-refractivity contribution is 6.33. The van der Waals surface area contributed by atoms with Gasteiger partial charge in [0.05, 0.1) is 10.6 Å². The van der Waals surface area contributed by atoms with Gasteiger partial charge in [-0.1, -0.05) is 24.6 Å². The van der Waals surface area contributed by atoms with Crippen LogP contribution in [-0.2, 0) is 0 Å². The minimum absolute atomic E-state index is 0.0525. The van der Waals surface area contributed by atoms with Crippen LogP contribution >= 0.6 is 11.6 Å². The summed E-state index contributed by atoms with van der Waals surface area (Å²) in [4.78, 5) is 13.9. The molecule has 1 fully saturated rings. The molecule has 0 radical (unpaired) electrons. The molecule has 1 amide bonds. The first-order valence-corrected chi connectivity index (χ1v) is 6.35. The highest BCUT2D eigenvalue weighted by Crippen LogP contribution is 2.23. The van der Waals surface area contributed by atoms with E-state index in [9.17, 15) is 9.18 Å². The quantitative estimate of drug-likeness (QED) is 0.851. The van der Waals surface area contributed by atoms with Crippen molar-refractivity contribution in [1.82, 2.24) is 4.90 Å². The average molecular weight is 271 g/mol. The van der Waals surface area contributed by atoms with Gasteiger partial charge < -0.3 is 10.6 Å². The summed E-state index contributed by atoms with van der Waals surface area (Å²) in [7, 11) is 0. The number of hydrogen-bond donors (Lipinski definition) is 1. The third-order valence-corrected chi connectivity index (χ3v) is 3.47. The summed E-state index contributed by atoms with van der Waals surface area (Å²) >= 11 is 5.90. The van der Waals surface area contributed by atoms with E-state index < -0.39 is 5.82 Å². The maximum absolute atomic E-state index is 13.7. The van der Waals surface area contributed by atoms with Crippen LogP contribution in [0.3, 0.4) is 0 Å². The topological polar surface area (TPSA) is 46.3 Å². The fourth-order valence-electron chi connectivity index (χ4n) is 2.43. The predicted octanol–water partition coefficient (Wildman–Crippen LogP) is 2.29. The van der Waals surface area contributed by atoms with E-state index in [1.165, 1.54) is 18.2 Å². The number of piperidine rings is 1. The number of hydrogen-bond acceptors (Lipinski definition) is 2. The first-order chi connectivity index (χ1) is 8.49. The molecule has 1 aromatic rings. The van der Waals surface area contributed by atoms with E-state index in [0.29, 0.717) is 19.0 Å². The van der Waals surface area contributed by atoms with Crippen LogP contribution < -0.4 is 5.73 Å². The van der Waals surface area contributed by atoms with Gasteiger partial charge in [0.25, 0.3) is 5.91 Å². The van der Waals surface area contributed by atoms with Crippen molar-refractivity contribution >= 4 is 17.5 Å². The Hall–Kier alpha value is -1.13. The lowest BCUT2D eigenvalue weighted by Crippen LogP contribution is -2.49. The van der Waals surface area contributed by atoms with Gasteiger partial charge in [-0.05, 0) is 24.5 Å². The van der Waals surface area contributed by atoms with Crippen LogP contribution in [-0.4, -0.2) is 29.9 Å². The van der Waals surface area contributed by atoms with Gasteiger partial charge in [-0.15, -0.1) is 0 Å². The Labute approximate surface area is 111 Å². The Morgan fingerprint density at radius 3 is 2.83 bits per heavy atom. The molecule has 0 spiro atoms. The van der Waals surface area contributed by atoms with Crippen molar-refractivity contribution in [3.63, 3.8) is 0 Å². The number of nitrogens with zero attached hydrogens (tertiary/aromatic N) is 1. The molecule has 2 unspecified atom stereocenters. The van der Waals surface area contributed by atoms with Crippen LogP contribution in [0.15, 0.2) is 18.2 Å². The van der Waals surface area contributed by atoms with Gasteiger partial charge in [0.2, 0.25) is 0 Å². The Morgan fingerprint density at radius 1 is 1.50 bits per heavy atom. The number of carbonyl (C=O) groups is 1. The second-order valence-electron chi connectivity index (χ2n) is 4.91. The van der Waals surface area contributed by atoms with Gasteiger partial charge in [0, 0.05) is 19.1 Å². The van der Waals surface area contributed by atoms with Crippen LogP contribution in [0.5, 0.6) is 0 Å². The summed E-state index contributed by atoms with van der Waals surface area (Å²) in [5, 5.41) is 0.145. The molecule has 2 atom stereocenters. The minimum atomic E-state index is -0.584. The number of halogens is 2. The van der Waals surface area contributed by atoms with Crippen LogP contribution in [0.4, 0.5) is 4.39 Å². The fraction of sp³-hybridized carbons (Fsp3) is 0.462. The molecule has 2 N–H and O–H groups in total. The molecule has 5 heteroatoms. The smallest absolute Gasteiger partial charge is 0.258 e. The molecule has 1 aromatic carbocycles. The zero-order chi connectivity index (χ0) is 13.3. The summed E-state index contributed by atoms with van der Waals surface area (Å²) in [6.45, 7) is 3.08. The van der Waals surface area contributed by atoms with Gasteiger partial charge >= 0.3 is 0 Å². The highest BCUT2D eigenvalue weighted by atomic mass is 35.5. The van der Waals surface area contributed by atoms with Crippen molar-refractivity contribution in [2.24, 2.45) is 11.7 Å². The molecule has 1 aliphatic heterocycles. The molecule has 0 saturated carbocycles. The molecule has 1 saturated heterocycles. The molecule has 98 valence electrons. The molecule has 1 aliphatic rings. The Balaban J connectivity index is 2.26. The zero-order valence-corrected chi connectivity index (χ0v) is 11.0. The van der Waals surface area contributed by atoms with E-state index in [1.807, 2.05) is 6.92 Å². The van der Waals surface area contributed by atoms with Gasteiger partial charge in [-0.2, -0.15) is 0 Å². The summed E-state index contributed by atoms with van der Waals surface area (Å²) in [6.07, 6.45) is 0.884. The summed E-state index contributed by atoms with van der Waals surface area (Å²) in [5.41, 5.74) is 5.83. The fourth-order valence-corrected chi connectivity index (χ4v) is 2.67. The third-order valence-electron chi connectivity index (χ3n) is 3.16. The van der Waals surface area contributed by atoms with E-state index >= 15 is 0 Å². The van der Waals surface area contributed by atoms with Crippen LogP contribution in [0.25, 0.3) is 0 Å². The second-order valence-corrected chi connectivity index (χ2v) is 5.31. The van der Waals surface area contributed by atoms with Gasteiger partial charge in [0.15, 0.2) is 0 Å². The standard InChI is InChI=1S/C13H16ClFN2O/c1-8-5-9(16)7-17(6-8)13(18)12-10(14)3-2-4-11(12)15/h2-4,8-9H,5-7,16H2,1H3. The molecule has 0 aromatic heterocycles. The van der Waals surface area contributed by atoms with Crippen molar-refractivity contribution in [2.75, 3.05) is 13.1 Å². The molecule has 18 heavy (non-hydrogen) atoms. The summed E-state index contributed by atoms with van der Waals surface area (Å²) in [6, 6.07) is 4.19. The summed E-state index contributed by atoms with van der Waals surface area (Å²) in [5.74, 6) is -0.636. The molecule has 1 heterocycles. The lowest BCUT2D eigenvalue weighted by Gasteiger charge is -2.35. The number of rotatable bonds is 1. The largest absolute Gasteiger partial charge is 0.337 e. The maximum atomic E-state index is 13.7. The molecular formula is C13H16ClFN2O. The molecule has 3 nitrogen and oxygen atoms in total. The van der Waals surface area contributed by atoms with Crippen molar-refractivity contribution in [2.45, 2.75) is 19.4 Å². The van der Waals surface area contributed by atoms with Crippen LogP contribution in [0, 0.1) is 11.7 Å². The van der Waals surface area contributed by atoms with Gasteiger partial charge in [-0.3, -0.25) is 4.79 Å². The van der Waals surface area contributed by atoms with E-state index in [4.69, 9.17) is 17.3 Å². The SMILES string of the molecule is CC1CC(N)CN(C(=O)c2c(F)cccc2Cl)C1. The van der Waals surface area contributed by atoms with E-state index in [2.05, 4.69) is 0 Å². The van der Waals surface area contributed by atoms with Crippen LogP contribution in [0.1, 0.15) is 23.7 Å². The third kappa shape index (κ3) is 2.65. The van der Waals surface area contributed by atoms with Crippen molar-refractivity contribution in [1.29, 1.82) is 0 Å². The molecular weight excluding hydrogens is 255 g/mol. The van der Waals surface area contributed by atoms with Gasteiger partial charge in [0.1, 0.15) is 5.82 Å². The molecule has 0 aliphatic carbocycles. The normalized spacial score (nSPS) is 24.1. The van der Waals surface area contributed by atoms with Crippen molar-refractivity contribution < 1.29 is 9.18 Å². The number of benzene rings is 1. The number of amides is 1. The van der Waals surface area contributed by atoms with E-state index in [1.54, 1.807) is 4.90 Å². The Kier molecular flexibility index (Phi) is 3.88. The maximum Gasteiger partial charge on any atom is 0.258 e. The first kappa shape index (κ1) is 13.3. The lowest BCUT2D eigenvalue weighted by molar-refractivity contribution is 0.0656. The Morgan fingerprint density at radius 2 is 2.22 bits per heavy atom. The number of carbonyl (C=O) groups excluding carboxylic acids is 1. The van der Waals surface area contributed by atoms with Gasteiger partial charge in [-0.25, -0.2) is 4.39 Å². The van der Waals surface area contributed by atoms with E-state index in [0.717, 1.165) is 6.42 Å². The average Bonchev–Trinajstić information content (AvgIpc) is 2.27. The van der Waals surface area contributed by atoms with E-state index in [-0.39, 0.29) is 22.5 Å². The predicted molar refractivity (Wildman–Crippen MR) is 69.1 cm³/mol. The number of likely N-dealkylation sites (tertiary alicyclic amines) is 1. The first-order valence-electron chi connectivity index (χ1n) is 5.98. The minimum Gasteiger partial charge on any atom is -0.337 e. The monoisotopic (exact) mass is 270 g/mol. The molecule has 0 bridgehead atoms. The van der Waals surface area contributed by atoms with Crippen LogP contribution in [0.2, 0.25) is 5.02 Å². The van der Waals surface area contributed by atoms with Crippen molar-refractivity contribution in [3.8, 4) is 0 Å². The lowest BCUT2D eigenvalue weighted by atomic mass is 9.96. The highest BCUT2D eigenvalue weighted by Gasteiger charge is 2.28. The van der Waals surface area contributed by atoms with Crippen molar-refractivity contribution in [3.05, 3.63) is 34.6 Å². The summed E-state index contributed by atoms with van der Waals surface area (Å²) < 4.78 is 13.7. The Bertz CT molecular complexity index is 436. The molecule has 2 rings (SSSR count). The second kappa shape index (κ2) is 5.24.